The smallest absolute Gasteiger partial charge is 0.410 e. The van der Waals surface area contributed by atoms with E-state index in [0.29, 0.717) is 30.4 Å². The number of carbonyl (C=O) groups is 1. The van der Waals surface area contributed by atoms with Gasteiger partial charge in [-0.25, -0.2) is 4.79 Å². The highest BCUT2D eigenvalue weighted by atomic mass is 35.5. The van der Waals surface area contributed by atoms with Crippen molar-refractivity contribution in [3.8, 4) is 5.75 Å². The SMILES string of the molecule is COc1c(Cl)cccc1C1CN(C(=O)OC(C)(C)C)CCN1. The predicted molar refractivity (Wildman–Crippen MR) is 86.6 cm³/mol. The summed E-state index contributed by atoms with van der Waals surface area (Å²) in [6.45, 7) is 7.43. The molecule has 1 heterocycles. The van der Waals surface area contributed by atoms with E-state index < -0.39 is 5.60 Å². The van der Waals surface area contributed by atoms with Gasteiger partial charge in [-0.15, -0.1) is 0 Å². The first-order valence-electron chi connectivity index (χ1n) is 7.35. The standard InChI is InChI=1S/C16H23ClN2O3/c1-16(2,3)22-15(20)19-9-8-18-13(10-19)11-6-5-7-12(17)14(11)21-4/h5-7,13,18H,8-10H2,1-4H3. The summed E-state index contributed by atoms with van der Waals surface area (Å²) < 4.78 is 10.8. The molecule has 0 spiro atoms. The van der Waals surface area contributed by atoms with Gasteiger partial charge in [0, 0.05) is 25.2 Å². The summed E-state index contributed by atoms with van der Waals surface area (Å²) in [5.41, 5.74) is 0.453. The van der Waals surface area contributed by atoms with Crippen LogP contribution in [0.25, 0.3) is 0 Å². The number of halogens is 1. The fourth-order valence-corrected chi connectivity index (χ4v) is 2.72. The third kappa shape index (κ3) is 4.05. The predicted octanol–water partition coefficient (Wildman–Crippen LogP) is 3.23. The minimum atomic E-state index is -0.495. The Bertz CT molecular complexity index is 543. The maximum atomic E-state index is 12.2. The van der Waals surface area contributed by atoms with Crippen molar-refractivity contribution in [2.24, 2.45) is 0 Å². The zero-order chi connectivity index (χ0) is 16.3. The van der Waals surface area contributed by atoms with E-state index in [1.807, 2.05) is 32.9 Å². The minimum Gasteiger partial charge on any atom is -0.495 e. The van der Waals surface area contributed by atoms with E-state index in [9.17, 15) is 4.79 Å². The molecular weight excluding hydrogens is 304 g/mol. The van der Waals surface area contributed by atoms with Crippen LogP contribution in [0.4, 0.5) is 4.79 Å². The third-order valence-electron chi connectivity index (χ3n) is 3.40. The zero-order valence-corrected chi connectivity index (χ0v) is 14.2. The largest absolute Gasteiger partial charge is 0.495 e. The van der Waals surface area contributed by atoms with Crippen LogP contribution in [0.3, 0.4) is 0 Å². The number of benzene rings is 1. The third-order valence-corrected chi connectivity index (χ3v) is 3.70. The van der Waals surface area contributed by atoms with E-state index >= 15 is 0 Å². The van der Waals surface area contributed by atoms with Crippen molar-refractivity contribution in [1.29, 1.82) is 0 Å². The van der Waals surface area contributed by atoms with Gasteiger partial charge in [0.15, 0.2) is 0 Å². The Kier molecular flexibility index (Phi) is 5.19. The second-order valence-electron chi connectivity index (χ2n) is 6.30. The van der Waals surface area contributed by atoms with E-state index in [-0.39, 0.29) is 12.1 Å². The summed E-state index contributed by atoms with van der Waals surface area (Å²) in [4.78, 5) is 13.9. The Labute approximate surface area is 136 Å². The van der Waals surface area contributed by atoms with E-state index in [0.717, 1.165) is 5.56 Å². The quantitative estimate of drug-likeness (QED) is 0.906. The van der Waals surface area contributed by atoms with E-state index in [1.54, 1.807) is 18.1 Å². The number of amides is 1. The number of carbonyl (C=O) groups excluding carboxylic acids is 1. The van der Waals surface area contributed by atoms with Gasteiger partial charge in [-0.2, -0.15) is 0 Å². The molecule has 1 aliphatic rings. The molecule has 0 bridgehead atoms. The van der Waals surface area contributed by atoms with Crippen LogP contribution < -0.4 is 10.1 Å². The summed E-state index contributed by atoms with van der Waals surface area (Å²) in [7, 11) is 1.60. The maximum absolute atomic E-state index is 12.2. The monoisotopic (exact) mass is 326 g/mol. The maximum Gasteiger partial charge on any atom is 0.410 e. The van der Waals surface area contributed by atoms with Crippen LogP contribution in [0.1, 0.15) is 32.4 Å². The molecule has 1 aromatic rings. The molecule has 0 aromatic heterocycles. The number of ether oxygens (including phenoxy) is 2. The molecule has 5 nitrogen and oxygen atoms in total. The number of methoxy groups -OCH3 is 1. The number of rotatable bonds is 2. The molecule has 22 heavy (non-hydrogen) atoms. The lowest BCUT2D eigenvalue weighted by atomic mass is 10.0. The fraction of sp³-hybridized carbons (Fsp3) is 0.562. The first-order valence-corrected chi connectivity index (χ1v) is 7.73. The molecule has 1 aromatic carbocycles. The van der Waals surface area contributed by atoms with Crippen molar-refractivity contribution < 1.29 is 14.3 Å². The van der Waals surface area contributed by atoms with Gasteiger partial charge in [0.05, 0.1) is 18.2 Å². The Balaban J connectivity index is 2.14. The first-order chi connectivity index (χ1) is 10.3. The van der Waals surface area contributed by atoms with Crippen molar-refractivity contribution >= 4 is 17.7 Å². The van der Waals surface area contributed by atoms with E-state index in [2.05, 4.69) is 5.32 Å². The molecule has 6 heteroatoms. The molecule has 1 saturated heterocycles. The van der Waals surface area contributed by atoms with Crippen LogP contribution in [0.15, 0.2) is 18.2 Å². The van der Waals surface area contributed by atoms with Gasteiger partial charge in [0.2, 0.25) is 0 Å². The van der Waals surface area contributed by atoms with Gasteiger partial charge in [0.25, 0.3) is 0 Å². The Morgan fingerprint density at radius 1 is 1.41 bits per heavy atom. The van der Waals surface area contributed by atoms with Gasteiger partial charge in [0.1, 0.15) is 11.4 Å². The van der Waals surface area contributed by atoms with Crippen LogP contribution in [-0.4, -0.2) is 43.3 Å². The number of nitrogens with one attached hydrogen (secondary N) is 1. The van der Waals surface area contributed by atoms with E-state index in [4.69, 9.17) is 21.1 Å². The molecule has 1 fully saturated rings. The zero-order valence-electron chi connectivity index (χ0n) is 13.5. The Hall–Kier alpha value is -1.46. The average Bonchev–Trinajstić information content (AvgIpc) is 2.45. The topological polar surface area (TPSA) is 50.8 Å². The van der Waals surface area contributed by atoms with Crippen LogP contribution >= 0.6 is 11.6 Å². The van der Waals surface area contributed by atoms with Crippen molar-refractivity contribution in [3.63, 3.8) is 0 Å². The molecule has 2 rings (SSSR count). The first kappa shape index (κ1) is 16.9. The lowest BCUT2D eigenvalue weighted by Crippen LogP contribution is -2.49. The molecule has 1 aliphatic heterocycles. The highest BCUT2D eigenvalue weighted by Crippen LogP contribution is 2.33. The number of nitrogens with zero attached hydrogens (tertiary/aromatic N) is 1. The van der Waals surface area contributed by atoms with Crippen molar-refractivity contribution in [2.45, 2.75) is 32.4 Å². The second kappa shape index (κ2) is 6.75. The lowest BCUT2D eigenvalue weighted by Gasteiger charge is -2.35. The highest BCUT2D eigenvalue weighted by molar-refractivity contribution is 6.32. The number of piperazine rings is 1. The molecule has 122 valence electrons. The molecular formula is C16H23ClN2O3. The van der Waals surface area contributed by atoms with Gasteiger partial charge in [-0.05, 0) is 26.8 Å². The van der Waals surface area contributed by atoms with Crippen molar-refractivity contribution in [3.05, 3.63) is 28.8 Å². The van der Waals surface area contributed by atoms with Crippen LogP contribution in [0.5, 0.6) is 5.75 Å². The van der Waals surface area contributed by atoms with Crippen LogP contribution in [0, 0.1) is 0 Å². The highest BCUT2D eigenvalue weighted by Gasteiger charge is 2.29. The number of para-hydroxylation sites is 1. The molecule has 1 unspecified atom stereocenters. The van der Waals surface area contributed by atoms with Crippen LogP contribution in [-0.2, 0) is 4.74 Å². The van der Waals surface area contributed by atoms with Gasteiger partial charge >= 0.3 is 6.09 Å². The van der Waals surface area contributed by atoms with Gasteiger partial charge in [-0.1, -0.05) is 23.7 Å². The fourth-order valence-electron chi connectivity index (χ4n) is 2.47. The summed E-state index contributed by atoms with van der Waals surface area (Å²) >= 11 is 6.18. The van der Waals surface area contributed by atoms with Crippen molar-refractivity contribution in [1.82, 2.24) is 10.2 Å². The van der Waals surface area contributed by atoms with Gasteiger partial charge < -0.3 is 19.7 Å². The summed E-state index contributed by atoms with van der Waals surface area (Å²) in [6, 6.07) is 5.60. The molecule has 0 saturated carbocycles. The summed E-state index contributed by atoms with van der Waals surface area (Å²) in [5, 5.41) is 3.96. The van der Waals surface area contributed by atoms with Gasteiger partial charge in [-0.3, -0.25) is 0 Å². The Morgan fingerprint density at radius 3 is 2.77 bits per heavy atom. The summed E-state index contributed by atoms with van der Waals surface area (Å²) in [5.74, 6) is 0.646. The molecule has 1 N–H and O–H groups in total. The normalized spacial score (nSPS) is 19.0. The second-order valence-corrected chi connectivity index (χ2v) is 6.70. The molecule has 0 radical (unpaired) electrons. The lowest BCUT2D eigenvalue weighted by molar-refractivity contribution is 0.0194. The van der Waals surface area contributed by atoms with Crippen molar-refractivity contribution in [2.75, 3.05) is 26.7 Å². The average molecular weight is 327 g/mol. The minimum absolute atomic E-state index is 0.0325. The van der Waals surface area contributed by atoms with Crippen LogP contribution in [0.2, 0.25) is 5.02 Å². The molecule has 1 amide bonds. The summed E-state index contributed by atoms with van der Waals surface area (Å²) in [6.07, 6.45) is -0.292. The van der Waals surface area contributed by atoms with E-state index in [1.165, 1.54) is 0 Å². The molecule has 1 atom stereocenters. The Morgan fingerprint density at radius 2 is 2.14 bits per heavy atom. The number of hydrogen-bond donors (Lipinski definition) is 1. The molecule has 0 aliphatic carbocycles. The number of hydrogen-bond acceptors (Lipinski definition) is 4.